The van der Waals surface area contributed by atoms with Crippen LogP contribution in [0.2, 0.25) is 0 Å². The quantitative estimate of drug-likeness (QED) is 0.635. The van der Waals surface area contributed by atoms with E-state index in [1.54, 1.807) is 18.2 Å². The van der Waals surface area contributed by atoms with Crippen LogP contribution in [0.1, 0.15) is 0 Å². The Morgan fingerprint density at radius 1 is 0.818 bits per heavy atom. The molecule has 33 heavy (non-hydrogen) atoms. The van der Waals surface area contributed by atoms with Crippen molar-refractivity contribution in [3.63, 3.8) is 0 Å². The van der Waals surface area contributed by atoms with Gasteiger partial charge in [-0.1, -0.05) is 12.1 Å². The van der Waals surface area contributed by atoms with Crippen molar-refractivity contribution >= 4 is 23.2 Å². The molecule has 0 aliphatic carbocycles. The average molecular weight is 447 g/mol. The van der Waals surface area contributed by atoms with Crippen LogP contribution in [0.4, 0.5) is 22.0 Å². The first-order chi connectivity index (χ1) is 16.1. The first-order valence-corrected chi connectivity index (χ1v) is 11.0. The maximum Gasteiger partial charge on any atom is 0.323 e. The third-order valence-corrected chi connectivity index (χ3v) is 5.72. The molecule has 2 aliphatic heterocycles. The predicted octanol–water partition coefficient (Wildman–Crippen LogP) is 3.31. The largest absolute Gasteiger partial charge is 0.486 e. The molecule has 3 heterocycles. The summed E-state index contributed by atoms with van der Waals surface area (Å²) in [4.78, 5) is 17.0. The van der Waals surface area contributed by atoms with E-state index in [1.165, 1.54) is 0 Å². The first kappa shape index (κ1) is 21.0. The van der Waals surface area contributed by atoms with Gasteiger partial charge in [0.2, 0.25) is 0 Å². The third-order valence-electron chi connectivity index (χ3n) is 5.72. The highest BCUT2D eigenvalue weighted by Crippen LogP contribution is 2.32. The lowest BCUT2D eigenvalue weighted by Crippen LogP contribution is -2.44. The molecule has 0 saturated carbocycles. The molecule has 1 saturated heterocycles. The summed E-state index contributed by atoms with van der Waals surface area (Å²) in [6, 6.07) is 16.5. The van der Waals surface area contributed by atoms with E-state index in [0.717, 1.165) is 43.3 Å². The summed E-state index contributed by atoms with van der Waals surface area (Å²) in [7, 11) is 2.13. The minimum absolute atomic E-state index is 0.337. The monoisotopic (exact) mass is 446 g/mol. The lowest BCUT2D eigenvalue weighted by atomic mass is 10.1. The standard InChI is InChI=1S/C24H26N6O3/c1-29-10-12-30(13-11-29)23-9-7-20(27-28-23)17-2-4-18(5-3-17)25-24(31)26-19-6-8-21-22(16-19)33-15-14-32-21/h2-9,16H,10-15H2,1H3,(H2,25,26,31). The summed E-state index contributed by atoms with van der Waals surface area (Å²) >= 11 is 0. The maximum absolute atomic E-state index is 12.4. The van der Waals surface area contributed by atoms with E-state index in [4.69, 9.17) is 9.47 Å². The van der Waals surface area contributed by atoms with Crippen molar-refractivity contribution in [2.75, 3.05) is 62.0 Å². The lowest BCUT2D eigenvalue weighted by molar-refractivity contribution is 0.171. The smallest absolute Gasteiger partial charge is 0.323 e. The molecule has 2 amide bonds. The van der Waals surface area contributed by atoms with E-state index in [9.17, 15) is 4.79 Å². The number of hydrogen-bond donors (Lipinski definition) is 2. The van der Waals surface area contributed by atoms with Gasteiger partial charge in [0.15, 0.2) is 17.3 Å². The summed E-state index contributed by atoms with van der Waals surface area (Å²) < 4.78 is 11.1. The van der Waals surface area contributed by atoms with Crippen LogP contribution in [-0.2, 0) is 0 Å². The molecule has 5 rings (SSSR count). The van der Waals surface area contributed by atoms with Gasteiger partial charge < -0.3 is 29.9 Å². The molecule has 0 bridgehead atoms. The third kappa shape index (κ3) is 4.98. The average Bonchev–Trinajstić information content (AvgIpc) is 2.85. The first-order valence-electron chi connectivity index (χ1n) is 11.0. The van der Waals surface area contributed by atoms with Gasteiger partial charge in [-0.25, -0.2) is 4.79 Å². The van der Waals surface area contributed by atoms with Crippen molar-refractivity contribution in [2.45, 2.75) is 0 Å². The van der Waals surface area contributed by atoms with Gasteiger partial charge in [-0.2, -0.15) is 0 Å². The highest BCUT2D eigenvalue weighted by molar-refractivity contribution is 6.00. The summed E-state index contributed by atoms with van der Waals surface area (Å²) in [5.41, 5.74) is 3.03. The van der Waals surface area contributed by atoms with Crippen LogP contribution >= 0.6 is 0 Å². The number of carbonyl (C=O) groups excluding carboxylic acids is 1. The van der Waals surface area contributed by atoms with Crippen LogP contribution in [0.25, 0.3) is 11.3 Å². The highest BCUT2D eigenvalue weighted by Gasteiger charge is 2.16. The van der Waals surface area contributed by atoms with Crippen molar-refractivity contribution in [1.29, 1.82) is 0 Å². The molecule has 2 N–H and O–H groups in total. The molecule has 9 nitrogen and oxygen atoms in total. The Kier molecular flexibility index (Phi) is 5.95. The minimum atomic E-state index is -0.337. The van der Waals surface area contributed by atoms with E-state index in [1.807, 2.05) is 36.4 Å². The van der Waals surface area contributed by atoms with Crippen molar-refractivity contribution in [3.8, 4) is 22.8 Å². The van der Waals surface area contributed by atoms with Crippen LogP contribution in [0, 0.1) is 0 Å². The van der Waals surface area contributed by atoms with Gasteiger partial charge >= 0.3 is 6.03 Å². The summed E-state index contributed by atoms with van der Waals surface area (Å²) in [6.07, 6.45) is 0. The van der Waals surface area contributed by atoms with E-state index < -0.39 is 0 Å². The number of hydrogen-bond acceptors (Lipinski definition) is 7. The van der Waals surface area contributed by atoms with E-state index >= 15 is 0 Å². The number of fused-ring (bicyclic) bond motifs is 1. The molecular weight excluding hydrogens is 420 g/mol. The zero-order chi connectivity index (χ0) is 22.6. The fourth-order valence-corrected chi connectivity index (χ4v) is 3.82. The lowest BCUT2D eigenvalue weighted by Gasteiger charge is -2.32. The summed E-state index contributed by atoms with van der Waals surface area (Å²) in [6.45, 7) is 5.00. The number of ether oxygens (including phenoxy) is 2. The fraction of sp³-hybridized carbons (Fsp3) is 0.292. The molecule has 3 aromatic rings. The number of benzene rings is 2. The molecule has 9 heteroatoms. The van der Waals surface area contributed by atoms with E-state index in [2.05, 4.69) is 37.7 Å². The summed E-state index contributed by atoms with van der Waals surface area (Å²) in [5, 5.41) is 14.5. The maximum atomic E-state index is 12.4. The molecule has 1 fully saturated rings. The van der Waals surface area contributed by atoms with Gasteiger partial charge in [0.25, 0.3) is 0 Å². The Bertz CT molecular complexity index is 1110. The topological polar surface area (TPSA) is 91.9 Å². The van der Waals surface area contributed by atoms with Gasteiger partial charge in [-0.05, 0) is 43.4 Å². The van der Waals surface area contributed by atoms with Crippen LogP contribution in [0.5, 0.6) is 11.5 Å². The Morgan fingerprint density at radius 2 is 1.52 bits per heavy atom. The predicted molar refractivity (Wildman–Crippen MR) is 127 cm³/mol. The van der Waals surface area contributed by atoms with Crippen molar-refractivity contribution in [3.05, 3.63) is 54.6 Å². The fourth-order valence-electron chi connectivity index (χ4n) is 3.82. The minimum Gasteiger partial charge on any atom is -0.486 e. The van der Waals surface area contributed by atoms with Crippen molar-refractivity contribution < 1.29 is 14.3 Å². The van der Waals surface area contributed by atoms with Gasteiger partial charge in [-0.3, -0.25) is 0 Å². The second kappa shape index (κ2) is 9.33. The van der Waals surface area contributed by atoms with Crippen LogP contribution in [-0.4, -0.2) is 67.6 Å². The molecule has 2 aliphatic rings. The number of amides is 2. The molecule has 2 aromatic carbocycles. The van der Waals surface area contributed by atoms with Gasteiger partial charge in [0.1, 0.15) is 13.2 Å². The van der Waals surface area contributed by atoms with Crippen LogP contribution in [0.3, 0.4) is 0 Å². The Hall–Kier alpha value is -3.85. The molecule has 0 atom stereocenters. The second-order valence-corrected chi connectivity index (χ2v) is 8.08. The number of likely N-dealkylation sites (N-methyl/N-ethyl adjacent to an activating group) is 1. The van der Waals surface area contributed by atoms with E-state index in [-0.39, 0.29) is 6.03 Å². The number of urea groups is 1. The van der Waals surface area contributed by atoms with E-state index in [0.29, 0.717) is 36.1 Å². The van der Waals surface area contributed by atoms with Crippen molar-refractivity contribution in [1.82, 2.24) is 15.1 Å². The van der Waals surface area contributed by atoms with Crippen molar-refractivity contribution in [2.24, 2.45) is 0 Å². The second-order valence-electron chi connectivity index (χ2n) is 8.08. The number of nitrogens with zero attached hydrogens (tertiary/aromatic N) is 4. The molecule has 0 unspecified atom stereocenters. The summed E-state index contributed by atoms with van der Waals surface area (Å²) in [5.74, 6) is 2.21. The van der Waals surface area contributed by atoms with Gasteiger partial charge in [0.05, 0.1) is 5.69 Å². The van der Waals surface area contributed by atoms with Gasteiger partial charge in [0, 0.05) is 49.2 Å². The Morgan fingerprint density at radius 3 is 2.24 bits per heavy atom. The molecule has 0 radical (unpaired) electrons. The normalized spacial score (nSPS) is 15.7. The zero-order valence-electron chi connectivity index (χ0n) is 18.5. The molecular formula is C24H26N6O3. The van der Waals surface area contributed by atoms with Crippen LogP contribution < -0.4 is 25.0 Å². The number of aromatic nitrogens is 2. The number of anilines is 3. The molecule has 1 aromatic heterocycles. The number of nitrogens with one attached hydrogen (secondary N) is 2. The van der Waals surface area contributed by atoms with Gasteiger partial charge in [-0.15, -0.1) is 10.2 Å². The Balaban J connectivity index is 1.18. The number of carbonyl (C=O) groups is 1. The zero-order valence-corrected chi connectivity index (χ0v) is 18.5. The SMILES string of the molecule is CN1CCN(c2ccc(-c3ccc(NC(=O)Nc4ccc5c(c4)OCCO5)cc3)nn2)CC1. The molecule has 0 spiro atoms. The molecule has 170 valence electrons. The number of piperazine rings is 1. The number of rotatable bonds is 4. The Labute approximate surface area is 192 Å². The van der Waals surface area contributed by atoms with Crippen LogP contribution in [0.15, 0.2) is 54.6 Å². The highest BCUT2D eigenvalue weighted by atomic mass is 16.6.